The van der Waals surface area contributed by atoms with Gasteiger partial charge < -0.3 is 14.6 Å². The Hall–Kier alpha value is -3.01. The summed E-state index contributed by atoms with van der Waals surface area (Å²) in [5.74, 6) is 0.293. The molecule has 1 N–H and O–H groups in total. The Bertz CT molecular complexity index is 953. The minimum absolute atomic E-state index is 0.0429. The molecule has 0 aliphatic carbocycles. The lowest BCUT2D eigenvalue weighted by Gasteiger charge is -2.12. The molecule has 0 saturated heterocycles. The van der Waals surface area contributed by atoms with Crippen molar-refractivity contribution in [3.63, 3.8) is 0 Å². The Balaban J connectivity index is 1.69. The number of carbonyl (C=O) groups is 1. The van der Waals surface area contributed by atoms with Crippen LogP contribution < -0.4 is 10.1 Å². The van der Waals surface area contributed by atoms with Crippen molar-refractivity contribution in [1.29, 1.82) is 0 Å². The third kappa shape index (κ3) is 5.50. The number of rotatable bonds is 9. The molecule has 0 aliphatic rings. The van der Waals surface area contributed by atoms with Crippen molar-refractivity contribution < 1.29 is 18.3 Å². The normalized spacial score (nSPS) is 10.9. The number of carbonyl (C=O) groups excluding carboxylic acids is 1. The van der Waals surface area contributed by atoms with E-state index in [1.54, 1.807) is 24.5 Å². The van der Waals surface area contributed by atoms with Crippen LogP contribution in [0.25, 0.3) is 11.4 Å². The first-order valence-electron chi connectivity index (χ1n) is 8.88. The minimum Gasteiger partial charge on any atom is -0.433 e. The van der Waals surface area contributed by atoms with E-state index in [-0.39, 0.29) is 23.1 Å². The second-order valence-corrected chi connectivity index (χ2v) is 6.85. The number of halogens is 2. The highest BCUT2D eigenvalue weighted by molar-refractivity contribution is 7.99. The van der Waals surface area contributed by atoms with E-state index in [0.29, 0.717) is 17.5 Å². The minimum atomic E-state index is -2.97. The van der Waals surface area contributed by atoms with Gasteiger partial charge in [-0.05, 0) is 30.7 Å². The average molecular weight is 419 g/mol. The molecule has 0 atom stereocenters. The van der Waals surface area contributed by atoms with Crippen LogP contribution in [-0.2, 0) is 11.3 Å². The van der Waals surface area contributed by atoms with Gasteiger partial charge in [-0.15, -0.1) is 10.2 Å². The van der Waals surface area contributed by atoms with Crippen molar-refractivity contribution in [2.45, 2.75) is 31.7 Å². The Morgan fingerprint density at radius 3 is 2.69 bits per heavy atom. The molecule has 152 valence electrons. The van der Waals surface area contributed by atoms with Gasteiger partial charge >= 0.3 is 6.61 Å². The first kappa shape index (κ1) is 20.7. The third-order valence-corrected chi connectivity index (χ3v) is 4.78. The largest absolute Gasteiger partial charge is 0.433 e. The molecule has 10 heteroatoms. The SMILES string of the molecule is CCCn1c(SCC(=O)Nc2ccccc2OC(F)F)nnc1-c1ccncc1. The molecule has 2 heterocycles. The number of nitrogens with zero attached hydrogens (tertiary/aromatic N) is 4. The van der Waals surface area contributed by atoms with Gasteiger partial charge in [0.1, 0.15) is 5.75 Å². The number of ether oxygens (including phenoxy) is 1. The molecule has 0 spiro atoms. The lowest BCUT2D eigenvalue weighted by molar-refractivity contribution is -0.113. The summed E-state index contributed by atoms with van der Waals surface area (Å²) in [5, 5.41) is 11.6. The van der Waals surface area contributed by atoms with Gasteiger partial charge in [0.2, 0.25) is 5.91 Å². The molecule has 3 rings (SSSR count). The smallest absolute Gasteiger partial charge is 0.387 e. The van der Waals surface area contributed by atoms with E-state index >= 15 is 0 Å². The molecule has 2 aromatic heterocycles. The van der Waals surface area contributed by atoms with Crippen LogP contribution in [0.2, 0.25) is 0 Å². The predicted molar refractivity (Wildman–Crippen MR) is 106 cm³/mol. The maximum atomic E-state index is 12.5. The van der Waals surface area contributed by atoms with Crippen LogP contribution in [0.15, 0.2) is 53.9 Å². The molecular formula is C19H19F2N5O2S. The number of amides is 1. The van der Waals surface area contributed by atoms with Crippen molar-refractivity contribution in [1.82, 2.24) is 19.7 Å². The highest BCUT2D eigenvalue weighted by atomic mass is 32.2. The zero-order chi connectivity index (χ0) is 20.6. The Morgan fingerprint density at radius 2 is 1.97 bits per heavy atom. The lowest BCUT2D eigenvalue weighted by atomic mass is 10.2. The van der Waals surface area contributed by atoms with Crippen LogP contribution in [0.3, 0.4) is 0 Å². The van der Waals surface area contributed by atoms with Gasteiger partial charge in [0.25, 0.3) is 0 Å². The molecular weight excluding hydrogens is 400 g/mol. The summed E-state index contributed by atoms with van der Waals surface area (Å²) >= 11 is 1.22. The van der Waals surface area contributed by atoms with Crippen LogP contribution in [0, 0.1) is 0 Å². The van der Waals surface area contributed by atoms with Gasteiger partial charge in [-0.25, -0.2) is 0 Å². The van der Waals surface area contributed by atoms with Crippen LogP contribution in [-0.4, -0.2) is 38.0 Å². The van der Waals surface area contributed by atoms with Gasteiger partial charge in [-0.1, -0.05) is 30.8 Å². The van der Waals surface area contributed by atoms with E-state index in [1.165, 1.54) is 23.9 Å². The number of pyridine rings is 1. The van der Waals surface area contributed by atoms with Crippen LogP contribution in [0.1, 0.15) is 13.3 Å². The average Bonchev–Trinajstić information content (AvgIpc) is 3.11. The fourth-order valence-electron chi connectivity index (χ4n) is 2.62. The Kier molecular flexibility index (Phi) is 7.12. The van der Waals surface area contributed by atoms with Gasteiger partial charge in [-0.2, -0.15) is 8.78 Å². The number of thioether (sulfide) groups is 1. The summed E-state index contributed by atoms with van der Waals surface area (Å²) in [5.41, 5.74) is 1.07. The fourth-order valence-corrected chi connectivity index (χ4v) is 3.38. The molecule has 3 aromatic rings. The summed E-state index contributed by atoms with van der Waals surface area (Å²) in [6.07, 6.45) is 4.23. The van der Waals surface area contributed by atoms with Crippen LogP contribution in [0.4, 0.5) is 14.5 Å². The van der Waals surface area contributed by atoms with Crippen molar-refractivity contribution >= 4 is 23.4 Å². The number of para-hydroxylation sites is 2. The molecule has 29 heavy (non-hydrogen) atoms. The molecule has 0 aliphatic heterocycles. The number of benzene rings is 1. The van der Waals surface area contributed by atoms with Gasteiger partial charge in [0.05, 0.1) is 11.4 Å². The molecule has 0 saturated carbocycles. The standard InChI is InChI=1S/C19H19F2N5O2S/c1-2-11-26-17(13-7-9-22-10-8-13)24-25-19(26)29-12-16(27)23-14-5-3-4-6-15(14)28-18(20)21/h3-10,18H,2,11-12H2,1H3,(H,23,27). The number of alkyl halides is 2. The maximum absolute atomic E-state index is 12.5. The number of nitrogens with one attached hydrogen (secondary N) is 1. The molecule has 0 radical (unpaired) electrons. The number of aromatic nitrogens is 4. The van der Waals surface area contributed by atoms with E-state index in [9.17, 15) is 13.6 Å². The van der Waals surface area contributed by atoms with Gasteiger partial charge in [-0.3, -0.25) is 9.78 Å². The summed E-state index contributed by atoms with van der Waals surface area (Å²) < 4.78 is 31.4. The number of anilines is 1. The van der Waals surface area contributed by atoms with E-state index in [1.807, 2.05) is 23.6 Å². The zero-order valence-corrected chi connectivity index (χ0v) is 16.4. The fraction of sp³-hybridized carbons (Fsp3) is 0.263. The summed E-state index contributed by atoms with van der Waals surface area (Å²) in [6.45, 7) is -0.237. The zero-order valence-electron chi connectivity index (χ0n) is 15.6. The van der Waals surface area contributed by atoms with Crippen molar-refractivity contribution in [3.05, 3.63) is 48.8 Å². The predicted octanol–water partition coefficient (Wildman–Crippen LogP) is 4.08. The summed E-state index contributed by atoms with van der Waals surface area (Å²) in [4.78, 5) is 16.3. The first-order valence-corrected chi connectivity index (χ1v) is 9.87. The lowest BCUT2D eigenvalue weighted by Crippen LogP contribution is -2.16. The number of hydrogen-bond donors (Lipinski definition) is 1. The third-order valence-electron chi connectivity index (χ3n) is 3.81. The summed E-state index contributed by atoms with van der Waals surface area (Å²) in [6, 6.07) is 9.74. The molecule has 0 unspecified atom stereocenters. The molecule has 0 fully saturated rings. The highest BCUT2D eigenvalue weighted by Crippen LogP contribution is 2.27. The van der Waals surface area contributed by atoms with Gasteiger partial charge in [0.15, 0.2) is 11.0 Å². The quantitative estimate of drug-likeness (QED) is 0.526. The van der Waals surface area contributed by atoms with Crippen LogP contribution in [0.5, 0.6) is 5.75 Å². The van der Waals surface area contributed by atoms with E-state index in [0.717, 1.165) is 12.0 Å². The second-order valence-electron chi connectivity index (χ2n) is 5.91. The van der Waals surface area contributed by atoms with E-state index < -0.39 is 6.61 Å². The van der Waals surface area contributed by atoms with Gasteiger partial charge in [0, 0.05) is 24.5 Å². The van der Waals surface area contributed by atoms with Crippen LogP contribution >= 0.6 is 11.8 Å². The highest BCUT2D eigenvalue weighted by Gasteiger charge is 2.16. The van der Waals surface area contributed by atoms with Crippen molar-refractivity contribution in [2.75, 3.05) is 11.1 Å². The van der Waals surface area contributed by atoms with Crippen molar-refractivity contribution in [2.24, 2.45) is 0 Å². The maximum Gasteiger partial charge on any atom is 0.387 e. The molecule has 1 amide bonds. The first-order chi connectivity index (χ1) is 14.1. The molecule has 7 nitrogen and oxygen atoms in total. The second kappa shape index (κ2) is 9.97. The molecule has 1 aromatic carbocycles. The number of hydrogen-bond acceptors (Lipinski definition) is 6. The monoisotopic (exact) mass is 419 g/mol. The Morgan fingerprint density at radius 1 is 1.21 bits per heavy atom. The van der Waals surface area contributed by atoms with Crippen molar-refractivity contribution in [3.8, 4) is 17.1 Å². The Labute approximate surface area is 170 Å². The molecule has 0 bridgehead atoms. The summed E-state index contributed by atoms with van der Waals surface area (Å²) in [7, 11) is 0. The van der Waals surface area contributed by atoms with E-state index in [4.69, 9.17) is 0 Å². The van der Waals surface area contributed by atoms with E-state index in [2.05, 4.69) is 25.2 Å². The topological polar surface area (TPSA) is 81.9 Å².